The van der Waals surface area contributed by atoms with Crippen LogP contribution in [-0.2, 0) is 0 Å². The lowest BCUT2D eigenvalue weighted by Crippen LogP contribution is -2.06. The normalized spacial score (nSPS) is 11.9. The minimum Gasteiger partial charge on any atom is -0.497 e. The molecule has 0 saturated heterocycles. The Hall–Kier alpha value is -2.16. The number of nitrogens with one attached hydrogen (secondary N) is 1. The minimum absolute atomic E-state index is 0.220. The van der Waals surface area contributed by atoms with Crippen molar-refractivity contribution < 1.29 is 4.74 Å². The number of hydrogen-bond donors (Lipinski definition) is 2. The van der Waals surface area contributed by atoms with Crippen molar-refractivity contribution in [2.24, 2.45) is 0 Å². The van der Waals surface area contributed by atoms with Gasteiger partial charge in [0.1, 0.15) is 5.75 Å². The van der Waals surface area contributed by atoms with Crippen LogP contribution in [0.25, 0.3) is 0 Å². The van der Waals surface area contributed by atoms with Crippen molar-refractivity contribution in [2.45, 2.75) is 13.0 Å². The third-order valence-corrected chi connectivity index (χ3v) is 2.85. The van der Waals surface area contributed by atoms with Crippen molar-refractivity contribution in [3.05, 3.63) is 54.1 Å². The highest BCUT2D eigenvalue weighted by molar-refractivity contribution is 5.59. The lowest BCUT2D eigenvalue weighted by molar-refractivity contribution is 0.415. The number of hydrogen-bond acceptors (Lipinski definition) is 3. The topological polar surface area (TPSA) is 47.3 Å². The summed E-state index contributed by atoms with van der Waals surface area (Å²) >= 11 is 0. The third kappa shape index (κ3) is 2.94. The average molecular weight is 242 g/mol. The standard InChI is InChI=1S/C15H18N2O/c1-11(12-6-4-3-5-7-12)17-14-8-13(16)9-15(10-14)18-2/h3-11,17H,16H2,1-2H3. The lowest BCUT2D eigenvalue weighted by Gasteiger charge is -2.16. The van der Waals surface area contributed by atoms with Crippen molar-refractivity contribution in [3.63, 3.8) is 0 Å². The SMILES string of the molecule is COc1cc(N)cc(NC(C)c2ccccc2)c1. The van der Waals surface area contributed by atoms with E-state index in [-0.39, 0.29) is 6.04 Å². The molecular weight excluding hydrogens is 224 g/mol. The number of nitrogen functional groups attached to an aromatic ring is 1. The van der Waals surface area contributed by atoms with Crippen LogP contribution >= 0.6 is 0 Å². The van der Waals surface area contributed by atoms with Crippen LogP contribution in [0.3, 0.4) is 0 Å². The summed E-state index contributed by atoms with van der Waals surface area (Å²) in [5.41, 5.74) is 8.72. The zero-order valence-corrected chi connectivity index (χ0v) is 10.7. The molecule has 18 heavy (non-hydrogen) atoms. The van der Waals surface area contributed by atoms with Gasteiger partial charge in [-0.15, -0.1) is 0 Å². The molecule has 0 radical (unpaired) electrons. The van der Waals surface area contributed by atoms with E-state index in [4.69, 9.17) is 10.5 Å². The number of nitrogens with two attached hydrogens (primary N) is 1. The van der Waals surface area contributed by atoms with Gasteiger partial charge in [0.05, 0.1) is 7.11 Å². The second kappa shape index (κ2) is 5.45. The summed E-state index contributed by atoms with van der Waals surface area (Å²) in [4.78, 5) is 0. The van der Waals surface area contributed by atoms with Gasteiger partial charge in [-0.2, -0.15) is 0 Å². The second-order valence-corrected chi connectivity index (χ2v) is 4.27. The Kier molecular flexibility index (Phi) is 3.72. The van der Waals surface area contributed by atoms with Gasteiger partial charge in [-0.1, -0.05) is 30.3 Å². The van der Waals surface area contributed by atoms with Gasteiger partial charge in [-0.3, -0.25) is 0 Å². The predicted octanol–water partition coefficient (Wildman–Crippen LogP) is 3.45. The highest BCUT2D eigenvalue weighted by atomic mass is 16.5. The van der Waals surface area contributed by atoms with E-state index in [2.05, 4.69) is 24.4 Å². The predicted molar refractivity (Wildman–Crippen MR) is 75.9 cm³/mol. The van der Waals surface area contributed by atoms with Crippen molar-refractivity contribution >= 4 is 11.4 Å². The quantitative estimate of drug-likeness (QED) is 0.807. The molecule has 0 spiro atoms. The van der Waals surface area contributed by atoms with Crippen molar-refractivity contribution in [3.8, 4) is 5.75 Å². The Bertz CT molecular complexity index is 511. The van der Waals surface area contributed by atoms with Crippen molar-refractivity contribution in [2.75, 3.05) is 18.2 Å². The molecule has 0 bridgehead atoms. The Morgan fingerprint density at radius 3 is 2.50 bits per heavy atom. The lowest BCUT2D eigenvalue weighted by atomic mass is 10.1. The summed E-state index contributed by atoms with van der Waals surface area (Å²) in [5.74, 6) is 0.762. The van der Waals surface area contributed by atoms with Gasteiger partial charge in [0.2, 0.25) is 0 Å². The van der Waals surface area contributed by atoms with Crippen LogP contribution in [-0.4, -0.2) is 7.11 Å². The molecule has 0 saturated carbocycles. The van der Waals surface area contributed by atoms with Gasteiger partial charge in [0.25, 0.3) is 0 Å². The molecule has 0 amide bonds. The molecule has 2 rings (SSSR count). The van der Waals surface area contributed by atoms with E-state index in [9.17, 15) is 0 Å². The molecule has 2 aromatic carbocycles. The second-order valence-electron chi connectivity index (χ2n) is 4.27. The molecule has 3 N–H and O–H groups in total. The zero-order valence-electron chi connectivity index (χ0n) is 10.7. The molecule has 3 heteroatoms. The fourth-order valence-electron chi connectivity index (χ4n) is 1.90. The van der Waals surface area contributed by atoms with Crippen molar-refractivity contribution in [1.82, 2.24) is 0 Å². The highest BCUT2D eigenvalue weighted by Gasteiger charge is 2.06. The van der Waals surface area contributed by atoms with E-state index in [1.807, 2.05) is 30.3 Å². The number of methoxy groups -OCH3 is 1. The molecule has 0 aromatic heterocycles. The van der Waals surface area contributed by atoms with Gasteiger partial charge < -0.3 is 15.8 Å². The number of benzene rings is 2. The molecule has 0 aliphatic carbocycles. The fourth-order valence-corrected chi connectivity index (χ4v) is 1.90. The molecule has 1 atom stereocenters. The molecular formula is C15H18N2O. The molecule has 0 heterocycles. The smallest absolute Gasteiger partial charge is 0.122 e. The molecule has 2 aromatic rings. The van der Waals surface area contributed by atoms with E-state index < -0.39 is 0 Å². The van der Waals surface area contributed by atoms with Gasteiger partial charge in [0, 0.05) is 29.5 Å². The number of ether oxygens (including phenoxy) is 1. The summed E-state index contributed by atoms with van der Waals surface area (Å²) in [5, 5.41) is 3.41. The van der Waals surface area contributed by atoms with Crippen LogP contribution in [0, 0.1) is 0 Å². The monoisotopic (exact) mass is 242 g/mol. The molecule has 3 nitrogen and oxygen atoms in total. The molecule has 0 aliphatic rings. The highest BCUT2D eigenvalue weighted by Crippen LogP contribution is 2.25. The maximum atomic E-state index is 5.83. The van der Waals surface area contributed by atoms with Crippen LogP contribution < -0.4 is 15.8 Å². The van der Waals surface area contributed by atoms with Crippen LogP contribution in [0.15, 0.2) is 48.5 Å². The Balaban J connectivity index is 2.16. The van der Waals surface area contributed by atoms with Crippen LogP contribution in [0.1, 0.15) is 18.5 Å². The first-order valence-electron chi connectivity index (χ1n) is 5.95. The van der Waals surface area contributed by atoms with Gasteiger partial charge in [0.15, 0.2) is 0 Å². The first-order chi connectivity index (χ1) is 8.69. The third-order valence-electron chi connectivity index (χ3n) is 2.85. The summed E-state index contributed by atoms with van der Waals surface area (Å²) in [6.07, 6.45) is 0. The van der Waals surface area contributed by atoms with E-state index >= 15 is 0 Å². The van der Waals surface area contributed by atoms with Crippen LogP contribution in [0.5, 0.6) is 5.75 Å². The summed E-state index contributed by atoms with van der Waals surface area (Å²) in [7, 11) is 1.64. The van der Waals surface area contributed by atoms with Gasteiger partial charge in [-0.05, 0) is 18.6 Å². The first-order valence-corrected chi connectivity index (χ1v) is 5.95. The fraction of sp³-hybridized carbons (Fsp3) is 0.200. The summed E-state index contributed by atoms with van der Waals surface area (Å²) in [6, 6.07) is 16.1. The van der Waals surface area contributed by atoms with Gasteiger partial charge in [-0.25, -0.2) is 0 Å². The first kappa shape index (κ1) is 12.3. The average Bonchev–Trinajstić information content (AvgIpc) is 2.39. The summed E-state index contributed by atoms with van der Waals surface area (Å²) in [6.45, 7) is 2.12. The number of anilines is 2. The minimum atomic E-state index is 0.220. The van der Waals surface area contributed by atoms with E-state index in [0.29, 0.717) is 5.69 Å². The summed E-state index contributed by atoms with van der Waals surface area (Å²) < 4.78 is 5.20. The van der Waals surface area contributed by atoms with Crippen LogP contribution in [0.4, 0.5) is 11.4 Å². The molecule has 94 valence electrons. The molecule has 0 fully saturated rings. The van der Waals surface area contributed by atoms with E-state index in [1.54, 1.807) is 13.2 Å². The molecule has 1 unspecified atom stereocenters. The number of rotatable bonds is 4. The Morgan fingerprint density at radius 2 is 1.83 bits per heavy atom. The van der Waals surface area contributed by atoms with Gasteiger partial charge >= 0.3 is 0 Å². The van der Waals surface area contributed by atoms with Crippen LogP contribution in [0.2, 0.25) is 0 Å². The zero-order chi connectivity index (χ0) is 13.0. The molecule has 0 aliphatic heterocycles. The van der Waals surface area contributed by atoms with Crippen molar-refractivity contribution in [1.29, 1.82) is 0 Å². The largest absolute Gasteiger partial charge is 0.497 e. The van der Waals surface area contributed by atoms with E-state index in [1.165, 1.54) is 5.56 Å². The maximum absolute atomic E-state index is 5.83. The Labute approximate surface area is 108 Å². The maximum Gasteiger partial charge on any atom is 0.122 e. The van der Waals surface area contributed by atoms with E-state index in [0.717, 1.165) is 11.4 Å². The Morgan fingerprint density at radius 1 is 1.11 bits per heavy atom.